The number of quaternary nitrogens is 1. The minimum absolute atomic E-state index is 0.193. The Bertz CT molecular complexity index is 676. The summed E-state index contributed by atoms with van der Waals surface area (Å²) in [7, 11) is 0. The minimum atomic E-state index is -0.193. The lowest BCUT2D eigenvalue weighted by Crippen LogP contribution is -3.13. The van der Waals surface area contributed by atoms with E-state index in [4.69, 9.17) is 12.2 Å². The molecule has 2 atom stereocenters. The zero-order valence-corrected chi connectivity index (χ0v) is 13.7. The standard InChI is InChI=1S/C16H22N4OS/c1-2-12-5-7-13(8-6-12)15-17-16(22)20(18-15)11-19-9-3-4-14(21)10-19/h5-8,14,21H,2-4,9-11H2,1H3,(H,17,18,22)/p+1/t14-/m1/s1. The Morgan fingerprint density at radius 3 is 2.86 bits per heavy atom. The highest BCUT2D eigenvalue weighted by molar-refractivity contribution is 7.71. The molecule has 5 nitrogen and oxygen atoms in total. The Morgan fingerprint density at radius 1 is 1.41 bits per heavy atom. The minimum Gasteiger partial charge on any atom is -0.387 e. The second kappa shape index (κ2) is 6.73. The van der Waals surface area contributed by atoms with Gasteiger partial charge in [0, 0.05) is 5.56 Å². The average Bonchev–Trinajstić information content (AvgIpc) is 2.88. The molecule has 1 aliphatic rings. The van der Waals surface area contributed by atoms with Gasteiger partial charge in [-0.3, -0.25) is 5.10 Å². The number of nitrogens with one attached hydrogen (secondary N) is 2. The van der Waals surface area contributed by atoms with Crippen molar-refractivity contribution in [1.29, 1.82) is 0 Å². The molecule has 1 aromatic carbocycles. The molecular weight excluding hydrogens is 296 g/mol. The molecule has 0 bridgehead atoms. The summed E-state index contributed by atoms with van der Waals surface area (Å²) >= 11 is 5.36. The molecule has 3 N–H and O–H groups in total. The summed E-state index contributed by atoms with van der Waals surface area (Å²) < 4.78 is 2.48. The third kappa shape index (κ3) is 3.45. The number of likely N-dealkylation sites (tertiary alicyclic amines) is 1. The lowest BCUT2D eigenvalue weighted by Gasteiger charge is -2.26. The molecule has 1 aliphatic heterocycles. The number of aryl methyl sites for hydroxylation is 1. The number of benzene rings is 1. The molecule has 0 aliphatic carbocycles. The Labute approximate surface area is 135 Å². The highest BCUT2D eigenvalue weighted by atomic mass is 32.1. The first-order valence-electron chi connectivity index (χ1n) is 7.93. The molecule has 1 saturated heterocycles. The first-order valence-corrected chi connectivity index (χ1v) is 8.34. The Balaban J connectivity index is 1.76. The number of piperidine rings is 1. The zero-order chi connectivity index (χ0) is 15.5. The van der Waals surface area contributed by atoms with Crippen LogP contribution >= 0.6 is 12.2 Å². The molecule has 118 valence electrons. The van der Waals surface area contributed by atoms with E-state index in [2.05, 4.69) is 41.3 Å². The van der Waals surface area contributed by atoms with Crippen LogP contribution in [-0.2, 0) is 13.1 Å². The van der Waals surface area contributed by atoms with Crippen molar-refractivity contribution in [2.75, 3.05) is 13.1 Å². The summed E-state index contributed by atoms with van der Waals surface area (Å²) in [6.07, 6.45) is 2.81. The topological polar surface area (TPSA) is 58.3 Å². The predicted molar refractivity (Wildman–Crippen MR) is 88.2 cm³/mol. The largest absolute Gasteiger partial charge is 0.387 e. The van der Waals surface area contributed by atoms with E-state index in [9.17, 15) is 5.11 Å². The molecule has 0 radical (unpaired) electrons. The van der Waals surface area contributed by atoms with Gasteiger partial charge in [-0.2, -0.15) is 4.98 Å². The van der Waals surface area contributed by atoms with Crippen molar-refractivity contribution < 1.29 is 10.0 Å². The summed E-state index contributed by atoms with van der Waals surface area (Å²) in [5.74, 6) is 0.810. The third-order valence-corrected chi connectivity index (χ3v) is 4.60. The lowest BCUT2D eigenvalue weighted by molar-refractivity contribution is -0.931. The number of rotatable bonds is 4. The van der Waals surface area contributed by atoms with Gasteiger partial charge in [0.25, 0.3) is 0 Å². The Morgan fingerprint density at radius 2 is 2.18 bits per heavy atom. The summed E-state index contributed by atoms with van der Waals surface area (Å²) in [4.78, 5) is 5.81. The van der Waals surface area contributed by atoms with Crippen LogP contribution in [0.4, 0.5) is 0 Å². The second-order valence-electron chi connectivity index (χ2n) is 5.99. The van der Waals surface area contributed by atoms with Gasteiger partial charge in [0.2, 0.25) is 4.77 Å². The van der Waals surface area contributed by atoms with Crippen LogP contribution in [0.5, 0.6) is 0 Å². The van der Waals surface area contributed by atoms with Crippen LogP contribution in [0.1, 0.15) is 25.3 Å². The molecular formula is C16H23N4OS+. The number of aliphatic hydroxyl groups excluding tert-OH is 1. The SMILES string of the molecule is CCc1ccc(-c2nc(=S)n(C[NH+]3CCC[C@@H](O)C3)[nH]2)cc1. The van der Waals surface area contributed by atoms with Crippen molar-refractivity contribution in [3.63, 3.8) is 0 Å². The van der Waals surface area contributed by atoms with E-state index in [1.165, 1.54) is 10.5 Å². The number of H-pyrrole nitrogens is 1. The van der Waals surface area contributed by atoms with Gasteiger partial charge in [0.1, 0.15) is 12.6 Å². The van der Waals surface area contributed by atoms with Gasteiger partial charge in [-0.15, -0.1) is 0 Å². The maximum atomic E-state index is 9.78. The predicted octanol–water partition coefficient (Wildman–Crippen LogP) is 1.17. The number of nitrogens with zero attached hydrogens (tertiary/aromatic N) is 2. The van der Waals surface area contributed by atoms with Crippen molar-refractivity contribution in [3.05, 3.63) is 34.6 Å². The summed E-state index contributed by atoms with van der Waals surface area (Å²) in [6.45, 7) is 4.72. The van der Waals surface area contributed by atoms with E-state index >= 15 is 0 Å². The van der Waals surface area contributed by atoms with Crippen LogP contribution in [0.15, 0.2) is 24.3 Å². The maximum Gasteiger partial charge on any atom is 0.221 e. The average molecular weight is 319 g/mol. The van der Waals surface area contributed by atoms with E-state index in [-0.39, 0.29) is 6.10 Å². The van der Waals surface area contributed by atoms with Crippen LogP contribution in [-0.4, -0.2) is 39.1 Å². The maximum absolute atomic E-state index is 9.78. The molecule has 22 heavy (non-hydrogen) atoms. The fraction of sp³-hybridized carbons (Fsp3) is 0.500. The van der Waals surface area contributed by atoms with E-state index in [0.717, 1.165) is 50.4 Å². The molecule has 1 aromatic heterocycles. The molecule has 0 amide bonds. The van der Waals surface area contributed by atoms with Crippen molar-refractivity contribution >= 4 is 12.2 Å². The Kier molecular flexibility index (Phi) is 4.71. The number of hydrogen-bond acceptors (Lipinski definition) is 3. The van der Waals surface area contributed by atoms with Crippen LogP contribution < -0.4 is 4.90 Å². The van der Waals surface area contributed by atoms with Gasteiger partial charge in [-0.1, -0.05) is 31.2 Å². The molecule has 2 heterocycles. The number of aliphatic hydroxyl groups is 1. The highest BCUT2D eigenvalue weighted by Crippen LogP contribution is 2.15. The van der Waals surface area contributed by atoms with Gasteiger partial charge in [-0.05, 0) is 37.0 Å². The summed E-state index contributed by atoms with van der Waals surface area (Å²) in [5, 5.41) is 13.1. The first kappa shape index (κ1) is 15.4. The van der Waals surface area contributed by atoms with Crippen LogP contribution in [0, 0.1) is 4.77 Å². The van der Waals surface area contributed by atoms with Crippen molar-refractivity contribution in [2.24, 2.45) is 0 Å². The van der Waals surface area contributed by atoms with Gasteiger partial charge < -0.3 is 10.0 Å². The van der Waals surface area contributed by atoms with E-state index in [1.807, 2.05) is 4.68 Å². The highest BCUT2D eigenvalue weighted by Gasteiger charge is 2.21. The molecule has 0 saturated carbocycles. The van der Waals surface area contributed by atoms with Gasteiger partial charge in [0.05, 0.1) is 6.54 Å². The monoisotopic (exact) mass is 319 g/mol. The number of aromatic nitrogens is 3. The fourth-order valence-electron chi connectivity index (χ4n) is 2.98. The summed E-state index contributed by atoms with van der Waals surface area (Å²) in [6, 6.07) is 8.40. The van der Waals surface area contributed by atoms with E-state index in [1.54, 1.807) is 0 Å². The van der Waals surface area contributed by atoms with Gasteiger partial charge in [-0.25, -0.2) is 4.68 Å². The normalized spacial score (nSPS) is 21.9. The van der Waals surface area contributed by atoms with E-state index in [0.29, 0.717) is 4.77 Å². The summed E-state index contributed by atoms with van der Waals surface area (Å²) in [5.41, 5.74) is 2.37. The smallest absolute Gasteiger partial charge is 0.221 e. The Hall–Kier alpha value is -1.50. The van der Waals surface area contributed by atoms with Gasteiger partial charge in [0.15, 0.2) is 12.5 Å². The molecule has 2 aromatic rings. The number of aromatic amines is 1. The zero-order valence-electron chi connectivity index (χ0n) is 12.9. The van der Waals surface area contributed by atoms with Crippen LogP contribution in [0.3, 0.4) is 0 Å². The van der Waals surface area contributed by atoms with Crippen LogP contribution in [0.2, 0.25) is 0 Å². The first-order chi connectivity index (χ1) is 10.7. The lowest BCUT2D eigenvalue weighted by atomic mass is 10.1. The quantitative estimate of drug-likeness (QED) is 0.742. The molecule has 3 rings (SSSR count). The third-order valence-electron chi connectivity index (χ3n) is 4.29. The fourth-order valence-corrected chi connectivity index (χ4v) is 3.18. The van der Waals surface area contributed by atoms with Crippen molar-refractivity contribution in [2.45, 2.75) is 39.0 Å². The molecule has 0 spiro atoms. The van der Waals surface area contributed by atoms with Crippen molar-refractivity contribution in [3.8, 4) is 11.4 Å². The molecule has 6 heteroatoms. The van der Waals surface area contributed by atoms with Gasteiger partial charge >= 0.3 is 0 Å². The molecule has 1 fully saturated rings. The second-order valence-corrected chi connectivity index (χ2v) is 6.36. The van der Waals surface area contributed by atoms with Crippen molar-refractivity contribution in [1.82, 2.24) is 14.8 Å². The van der Waals surface area contributed by atoms with Crippen LogP contribution in [0.25, 0.3) is 11.4 Å². The number of hydrogen-bond donors (Lipinski definition) is 3. The molecule has 1 unspecified atom stereocenters. The van der Waals surface area contributed by atoms with E-state index < -0.39 is 0 Å².